The first-order valence-electron chi connectivity index (χ1n) is 6.61. The zero-order chi connectivity index (χ0) is 15.6. The first-order chi connectivity index (χ1) is 9.84. The van der Waals surface area contributed by atoms with Gasteiger partial charge in [0.15, 0.2) is 0 Å². The summed E-state index contributed by atoms with van der Waals surface area (Å²) in [7, 11) is 0. The van der Waals surface area contributed by atoms with Gasteiger partial charge in [-0.05, 0) is 67.0 Å². The molecule has 0 aliphatic carbocycles. The number of likely N-dealkylation sites (tertiary alicyclic amines) is 1. The number of urea groups is 1. The van der Waals surface area contributed by atoms with Gasteiger partial charge in [-0.15, -0.1) is 0 Å². The third-order valence-corrected chi connectivity index (χ3v) is 4.75. The Hall–Kier alpha value is -1.02. The average molecular weight is 423 g/mol. The molecule has 1 heterocycles. The predicted molar refractivity (Wildman–Crippen MR) is 89.8 cm³/mol. The van der Waals surface area contributed by atoms with E-state index < -0.39 is 17.5 Å². The van der Waals surface area contributed by atoms with E-state index >= 15 is 0 Å². The lowest BCUT2D eigenvalue weighted by Crippen LogP contribution is -2.58. The van der Waals surface area contributed by atoms with Crippen molar-refractivity contribution in [3.05, 3.63) is 26.8 Å². The molecule has 2 N–H and O–H groups in total. The summed E-state index contributed by atoms with van der Waals surface area (Å²) in [5.74, 6) is -0.981. The smallest absolute Gasteiger partial charge is 0.329 e. The minimum absolute atomic E-state index is 0.427. The van der Waals surface area contributed by atoms with Gasteiger partial charge in [-0.1, -0.05) is 11.6 Å². The molecule has 1 unspecified atom stereocenters. The fraction of sp³-hybridized carbons (Fsp3) is 0.429. The molecule has 2 rings (SSSR count). The summed E-state index contributed by atoms with van der Waals surface area (Å²) < 4.78 is 0.962. The minimum atomic E-state index is -1.17. The van der Waals surface area contributed by atoms with Crippen LogP contribution in [0.15, 0.2) is 18.2 Å². The van der Waals surface area contributed by atoms with Crippen LogP contribution in [0.5, 0.6) is 0 Å². The molecule has 1 aliphatic rings. The van der Waals surface area contributed by atoms with Crippen LogP contribution in [0.2, 0.25) is 5.02 Å². The topological polar surface area (TPSA) is 69.6 Å². The van der Waals surface area contributed by atoms with Gasteiger partial charge in [-0.25, -0.2) is 9.59 Å². The molecule has 7 heteroatoms. The van der Waals surface area contributed by atoms with Crippen molar-refractivity contribution in [3.63, 3.8) is 0 Å². The first-order valence-corrected chi connectivity index (χ1v) is 8.07. The number of carboxylic acid groups (broad SMARTS) is 1. The van der Waals surface area contributed by atoms with Crippen LogP contribution in [-0.4, -0.2) is 34.1 Å². The van der Waals surface area contributed by atoms with E-state index in [0.29, 0.717) is 23.7 Å². The first kappa shape index (κ1) is 16.4. The van der Waals surface area contributed by atoms with E-state index in [1.54, 1.807) is 19.1 Å². The lowest BCUT2D eigenvalue weighted by molar-refractivity contribution is -0.150. The Labute approximate surface area is 141 Å². The number of nitrogens with one attached hydrogen (secondary N) is 1. The number of anilines is 1. The highest BCUT2D eigenvalue weighted by molar-refractivity contribution is 14.1. The number of halogens is 2. The normalized spacial score (nSPS) is 22.0. The second-order valence-electron chi connectivity index (χ2n) is 5.24. The van der Waals surface area contributed by atoms with Gasteiger partial charge in [0.2, 0.25) is 0 Å². The fourth-order valence-corrected chi connectivity index (χ4v) is 3.35. The van der Waals surface area contributed by atoms with E-state index in [9.17, 15) is 14.7 Å². The second kappa shape index (κ2) is 6.39. The maximum absolute atomic E-state index is 12.4. The molecule has 2 amide bonds. The maximum Gasteiger partial charge on any atom is 0.329 e. The van der Waals surface area contributed by atoms with Crippen molar-refractivity contribution in [1.82, 2.24) is 4.90 Å². The number of hydrogen-bond donors (Lipinski definition) is 2. The third-order valence-electron chi connectivity index (χ3n) is 3.77. The lowest BCUT2D eigenvalue weighted by Gasteiger charge is -2.41. The van der Waals surface area contributed by atoms with Crippen LogP contribution in [-0.2, 0) is 4.79 Å². The van der Waals surface area contributed by atoms with Crippen molar-refractivity contribution in [2.45, 2.75) is 31.7 Å². The second-order valence-corrected chi connectivity index (χ2v) is 6.89. The van der Waals surface area contributed by atoms with Crippen LogP contribution in [0.25, 0.3) is 0 Å². The van der Waals surface area contributed by atoms with Gasteiger partial charge in [0, 0.05) is 10.1 Å². The number of nitrogens with zero attached hydrogens (tertiary/aromatic N) is 1. The Kier molecular flexibility index (Phi) is 4.98. The molecule has 1 aromatic carbocycles. The Morgan fingerprint density at radius 3 is 2.76 bits per heavy atom. The van der Waals surface area contributed by atoms with Gasteiger partial charge in [-0.3, -0.25) is 0 Å². The van der Waals surface area contributed by atoms with E-state index in [2.05, 4.69) is 27.9 Å². The molecule has 0 radical (unpaired) electrons. The number of piperidine rings is 1. The van der Waals surface area contributed by atoms with E-state index in [4.69, 9.17) is 11.6 Å². The highest BCUT2D eigenvalue weighted by atomic mass is 127. The van der Waals surface area contributed by atoms with Crippen molar-refractivity contribution < 1.29 is 14.7 Å². The van der Waals surface area contributed by atoms with Gasteiger partial charge in [0.25, 0.3) is 0 Å². The van der Waals surface area contributed by atoms with Crippen LogP contribution in [0.3, 0.4) is 0 Å². The molecule has 0 bridgehead atoms. The number of aliphatic carboxylic acids is 1. The summed E-state index contributed by atoms with van der Waals surface area (Å²) in [6.45, 7) is 2.01. The monoisotopic (exact) mass is 422 g/mol. The summed E-state index contributed by atoms with van der Waals surface area (Å²) in [6.07, 6.45) is 2.06. The van der Waals surface area contributed by atoms with Crippen molar-refractivity contribution in [2.24, 2.45) is 0 Å². The zero-order valence-electron chi connectivity index (χ0n) is 11.5. The predicted octanol–water partition coefficient (Wildman–Crippen LogP) is 3.81. The van der Waals surface area contributed by atoms with Crippen LogP contribution >= 0.6 is 34.2 Å². The van der Waals surface area contributed by atoms with E-state index in [1.807, 2.05) is 6.07 Å². The standard InChI is InChI=1S/C14H16ClIN2O3/c1-14(12(19)20)6-2-3-7-18(14)13(21)17-11-5-4-9(16)8-10(11)15/h4-5,8H,2-3,6-7H2,1H3,(H,17,21)(H,19,20). The van der Waals surface area contributed by atoms with Crippen molar-refractivity contribution in [2.75, 3.05) is 11.9 Å². The molecule has 1 atom stereocenters. The number of carbonyl (C=O) groups is 2. The number of rotatable bonds is 2. The molecule has 0 saturated carbocycles. The number of hydrogen-bond acceptors (Lipinski definition) is 2. The highest BCUT2D eigenvalue weighted by Gasteiger charge is 2.44. The molecule has 1 aromatic rings. The molecule has 1 saturated heterocycles. The number of benzene rings is 1. The fourth-order valence-electron chi connectivity index (χ4n) is 2.44. The molecule has 0 spiro atoms. The van der Waals surface area contributed by atoms with Gasteiger partial charge in [0.1, 0.15) is 5.54 Å². The third kappa shape index (κ3) is 3.42. The summed E-state index contributed by atoms with van der Waals surface area (Å²) in [4.78, 5) is 25.3. The molecule has 1 aliphatic heterocycles. The molecule has 5 nitrogen and oxygen atoms in total. The van der Waals surface area contributed by atoms with Crippen molar-refractivity contribution in [1.29, 1.82) is 0 Å². The molecule has 0 aromatic heterocycles. The Balaban J connectivity index is 2.20. The lowest BCUT2D eigenvalue weighted by atomic mass is 9.89. The summed E-state index contributed by atoms with van der Waals surface area (Å²) >= 11 is 8.22. The van der Waals surface area contributed by atoms with Crippen LogP contribution in [0.1, 0.15) is 26.2 Å². The van der Waals surface area contributed by atoms with Gasteiger partial charge < -0.3 is 15.3 Å². The molecule has 21 heavy (non-hydrogen) atoms. The quantitative estimate of drug-likeness (QED) is 0.712. The Morgan fingerprint density at radius 1 is 1.43 bits per heavy atom. The average Bonchev–Trinajstić information content (AvgIpc) is 2.42. The molecule has 114 valence electrons. The Morgan fingerprint density at radius 2 is 2.14 bits per heavy atom. The number of carboxylic acids is 1. The van der Waals surface area contributed by atoms with Crippen LogP contribution in [0, 0.1) is 3.57 Å². The van der Waals surface area contributed by atoms with E-state index in [1.165, 1.54) is 4.90 Å². The maximum atomic E-state index is 12.4. The molecular weight excluding hydrogens is 407 g/mol. The Bertz CT molecular complexity index is 581. The number of amides is 2. The van der Waals surface area contributed by atoms with E-state index in [-0.39, 0.29) is 0 Å². The summed E-state index contributed by atoms with van der Waals surface area (Å²) in [5.41, 5.74) is -0.682. The van der Waals surface area contributed by atoms with Gasteiger partial charge in [0.05, 0.1) is 10.7 Å². The molecule has 1 fully saturated rings. The zero-order valence-corrected chi connectivity index (χ0v) is 14.4. The van der Waals surface area contributed by atoms with E-state index in [0.717, 1.165) is 16.4 Å². The molecular formula is C14H16ClIN2O3. The minimum Gasteiger partial charge on any atom is -0.480 e. The largest absolute Gasteiger partial charge is 0.480 e. The SMILES string of the molecule is CC1(C(=O)O)CCCCN1C(=O)Nc1ccc(I)cc1Cl. The van der Waals surface area contributed by atoms with Crippen molar-refractivity contribution >= 4 is 51.9 Å². The summed E-state index contributed by atoms with van der Waals surface area (Å²) in [5, 5.41) is 12.6. The van der Waals surface area contributed by atoms with Gasteiger partial charge in [-0.2, -0.15) is 0 Å². The number of carbonyl (C=O) groups excluding carboxylic acids is 1. The van der Waals surface area contributed by atoms with Crippen LogP contribution < -0.4 is 5.32 Å². The van der Waals surface area contributed by atoms with Crippen LogP contribution in [0.4, 0.5) is 10.5 Å². The van der Waals surface area contributed by atoms with Gasteiger partial charge >= 0.3 is 12.0 Å². The van der Waals surface area contributed by atoms with Crippen molar-refractivity contribution in [3.8, 4) is 0 Å². The summed E-state index contributed by atoms with van der Waals surface area (Å²) in [6, 6.07) is 4.85. The highest BCUT2D eigenvalue weighted by Crippen LogP contribution is 2.30.